The summed E-state index contributed by atoms with van der Waals surface area (Å²) in [5, 5.41) is 11.3. The number of ether oxygens (including phenoxy) is 1. The third-order valence-electron chi connectivity index (χ3n) is 2.84. The molecule has 0 atom stereocenters. The summed E-state index contributed by atoms with van der Waals surface area (Å²) >= 11 is 0. The monoisotopic (exact) mass is 293 g/mol. The fourth-order valence-electron chi connectivity index (χ4n) is 1.76. The van der Waals surface area contributed by atoms with E-state index in [9.17, 15) is 9.18 Å². The summed E-state index contributed by atoms with van der Waals surface area (Å²) in [7, 11) is 1.65. The zero-order valence-corrected chi connectivity index (χ0v) is 12.1. The van der Waals surface area contributed by atoms with E-state index in [4.69, 9.17) is 9.84 Å². The molecule has 0 aliphatic carbocycles. The molecule has 0 aliphatic rings. The Hall–Kier alpha value is -1.90. The first kappa shape index (κ1) is 17.2. The normalized spacial score (nSPS) is 9.86. The minimum atomic E-state index is -0.614. The highest BCUT2D eigenvalue weighted by Gasteiger charge is 2.11. The quantitative estimate of drug-likeness (QED) is 0.594. The smallest absolute Gasteiger partial charge is 0.254 e. The molecule has 1 rings (SSSR count). The van der Waals surface area contributed by atoms with Gasteiger partial charge in [0.25, 0.3) is 5.91 Å². The van der Waals surface area contributed by atoms with Gasteiger partial charge in [-0.15, -0.1) is 0 Å². The molecule has 2 N–H and O–H groups in total. The van der Waals surface area contributed by atoms with Gasteiger partial charge in [-0.25, -0.2) is 4.39 Å². The Morgan fingerprint density at radius 3 is 2.86 bits per heavy atom. The number of carbonyl (C=O) groups is 1. The van der Waals surface area contributed by atoms with Crippen molar-refractivity contribution in [3.05, 3.63) is 35.1 Å². The molecule has 0 aliphatic heterocycles. The molecule has 0 radical (unpaired) electrons. The minimum absolute atomic E-state index is 0.00133. The third-order valence-corrected chi connectivity index (χ3v) is 2.84. The van der Waals surface area contributed by atoms with Gasteiger partial charge in [-0.2, -0.15) is 0 Å². The van der Waals surface area contributed by atoms with E-state index in [0.717, 1.165) is 19.3 Å². The molecule has 0 saturated heterocycles. The van der Waals surface area contributed by atoms with Crippen LogP contribution < -0.4 is 5.32 Å². The van der Waals surface area contributed by atoms with Crippen LogP contribution in [0.5, 0.6) is 0 Å². The first-order valence-corrected chi connectivity index (χ1v) is 6.85. The van der Waals surface area contributed by atoms with Crippen LogP contribution in [0, 0.1) is 17.7 Å². The molecule has 1 amide bonds. The number of aliphatic hydroxyl groups is 1. The average Bonchev–Trinajstić information content (AvgIpc) is 2.48. The Kier molecular flexibility index (Phi) is 8.10. The lowest BCUT2D eigenvalue weighted by atomic mass is 10.1. The number of hydrogen-bond acceptors (Lipinski definition) is 3. The zero-order valence-electron chi connectivity index (χ0n) is 12.1. The number of methoxy groups -OCH3 is 1. The summed E-state index contributed by atoms with van der Waals surface area (Å²) in [6, 6.07) is 4.15. The molecular weight excluding hydrogens is 273 g/mol. The van der Waals surface area contributed by atoms with Gasteiger partial charge in [-0.3, -0.25) is 4.79 Å². The van der Waals surface area contributed by atoms with E-state index < -0.39 is 11.7 Å². The van der Waals surface area contributed by atoms with Crippen LogP contribution in [0.4, 0.5) is 4.39 Å². The molecule has 0 fully saturated rings. The Morgan fingerprint density at radius 1 is 1.38 bits per heavy atom. The molecule has 5 heteroatoms. The van der Waals surface area contributed by atoms with Crippen LogP contribution in [-0.2, 0) is 4.74 Å². The Labute approximate surface area is 124 Å². The Morgan fingerprint density at radius 2 is 2.19 bits per heavy atom. The van der Waals surface area contributed by atoms with E-state index in [1.807, 2.05) is 0 Å². The summed E-state index contributed by atoms with van der Waals surface area (Å²) in [6.07, 6.45) is 2.72. The van der Waals surface area contributed by atoms with Crippen molar-refractivity contribution in [1.29, 1.82) is 0 Å². The van der Waals surface area contributed by atoms with E-state index in [0.29, 0.717) is 18.7 Å². The van der Waals surface area contributed by atoms with Gasteiger partial charge in [0.05, 0.1) is 5.56 Å². The lowest BCUT2D eigenvalue weighted by Crippen LogP contribution is -2.25. The van der Waals surface area contributed by atoms with Crippen molar-refractivity contribution in [1.82, 2.24) is 5.32 Å². The van der Waals surface area contributed by atoms with Crippen molar-refractivity contribution in [2.24, 2.45) is 0 Å². The van der Waals surface area contributed by atoms with Crippen LogP contribution in [0.15, 0.2) is 18.2 Å². The van der Waals surface area contributed by atoms with Gasteiger partial charge in [-0.1, -0.05) is 11.8 Å². The summed E-state index contributed by atoms with van der Waals surface area (Å²) in [4.78, 5) is 11.8. The number of amides is 1. The van der Waals surface area contributed by atoms with Gasteiger partial charge in [0.2, 0.25) is 0 Å². The van der Waals surface area contributed by atoms with Gasteiger partial charge in [-0.05, 0) is 37.5 Å². The molecule has 0 saturated carbocycles. The number of nitrogens with one attached hydrogen (secondary N) is 1. The van der Waals surface area contributed by atoms with Crippen LogP contribution in [0.25, 0.3) is 0 Å². The predicted octanol–water partition coefficient (Wildman–Crippen LogP) is 1.72. The molecule has 21 heavy (non-hydrogen) atoms. The summed E-state index contributed by atoms with van der Waals surface area (Å²) in [6.45, 7) is 0.930. The van der Waals surface area contributed by atoms with Gasteiger partial charge in [0, 0.05) is 25.8 Å². The second-order valence-corrected chi connectivity index (χ2v) is 4.46. The summed E-state index contributed by atoms with van der Waals surface area (Å²) < 4.78 is 18.7. The van der Waals surface area contributed by atoms with Gasteiger partial charge in [0.1, 0.15) is 12.4 Å². The van der Waals surface area contributed by atoms with E-state index >= 15 is 0 Å². The molecule has 0 bridgehead atoms. The standard InChI is InChI=1S/C16H20FNO3/c1-21-11-4-2-3-9-18-16(20)14-8-7-13(6-5-10-19)12-15(14)17/h7-8,12,19H,2-4,9-11H2,1H3,(H,18,20). The van der Waals surface area contributed by atoms with Crippen molar-refractivity contribution in [2.75, 3.05) is 26.9 Å². The molecule has 0 aromatic heterocycles. The molecular formula is C16H20FNO3. The van der Waals surface area contributed by atoms with Crippen molar-refractivity contribution >= 4 is 5.91 Å². The molecule has 0 heterocycles. The number of hydrogen-bond donors (Lipinski definition) is 2. The molecule has 1 aromatic carbocycles. The van der Waals surface area contributed by atoms with Crippen LogP contribution >= 0.6 is 0 Å². The number of rotatable bonds is 7. The van der Waals surface area contributed by atoms with Crippen molar-refractivity contribution in [3.8, 4) is 11.8 Å². The van der Waals surface area contributed by atoms with Crippen LogP contribution in [-0.4, -0.2) is 37.9 Å². The van der Waals surface area contributed by atoms with Crippen molar-refractivity contribution in [3.63, 3.8) is 0 Å². The molecule has 0 spiro atoms. The number of carbonyl (C=O) groups excluding carboxylic acids is 1. The maximum atomic E-state index is 13.8. The minimum Gasteiger partial charge on any atom is -0.385 e. The van der Waals surface area contributed by atoms with Crippen molar-refractivity contribution in [2.45, 2.75) is 19.3 Å². The van der Waals surface area contributed by atoms with E-state index in [2.05, 4.69) is 17.2 Å². The first-order chi connectivity index (χ1) is 10.2. The molecule has 0 unspecified atom stereocenters. The fourth-order valence-corrected chi connectivity index (χ4v) is 1.76. The van der Waals surface area contributed by atoms with E-state index in [1.54, 1.807) is 13.2 Å². The topological polar surface area (TPSA) is 58.6 Å². The van der Waals surface area contributed by atoms with Crippen LogP contribution in [0.3, 0.4) is 0 Å². The number of halogens is 1. The zero-order chi connectivity index (χ0) is 15.5. The highest BCUT2D eigenvalue weighted by molar-refractivity contribution is 5.94. The first-order valence-electron chi connectivity index (χ1n) is 6.85. The molecule has 4 nitrogen and oxygen atoms in total. The largest absolute Gasteiger partial charge is 0.385 e. The maximum Gasteiger partial charge on any atom is 0.254 e. The lowest BCUT2D eigenvalue weighted by molar-refractivity contribution is 0.0948. The second-order valence-electron chi connectivity index (χ2n) is 4.46. The fraction of sp³-hybridized carbons (Fsp3) is 0.438. The number of benzene rings is 1. The lowest BCUT2D eigenvalue weighted by Gasteiger charge is -2.06. The second kappa shape index (κ2) is 9.92. The SMILES string of the molecule is COCCCCCNC(=O)c1ccc(C#CCO)cc1F. The van der Waals surface area contributed by atoms with Crippen LogP contribution in [0.1, 0.15) is 35.2 Å². The summed E-state index contributed by atoms with van der Waals surface area (Å²) in [5.74, 6) is 3.97. The molecule has 1 aromatic rings. The van der Waals surface area contributed by atoms with Crippen molar-refractivity contribution < 1.29 is 19.0 Å². The highest BCUT2D eigenvalue weighted by Crippen LogP contribution is 2.10. The van der Waals surface area contributed by atoms with Gasteiger partial charge in [0.15, 0.2) is 0 Å². The number of unbranched alkanes of at least 4 members (excludes halogenated alkanes) is 2. The highest BCUT2D eigenvalue weighted by atomic mass is 19.1. The number of aliphatic hydroxyl groups excluding tert-OH is 1. The summed E-state index contributed by atoms with van der Waals surface area (Å²) in [5.41, 5.74) is 0.430. The predicted molar refractivity (Wildman–Crippen MR) is 78.4 cm³/mol. The van der Waals surface area contributed by atoms with E-state index in [-0.39, 0.29) is 12.2 Å². The Balaban J connectivity index is 2.47. The van der Waals surface area contributed by atoms with Gasteiger partial charge < -0.3 is 15.2 Å². The van der Waals surface area contributed by atoms with Gasteiger partial charge >= 0.3 is 0 Å². The van der Waals surface area contributed by atoms with Crippen LogP contribution in [0.2, 0.25) is 0 Å². The third kappa shape index (κ3) is 6.39. The molecule has 114 valence electrons. The Bertz CT molecular complexity index is 520. The van der Waals surface area contributed by atoms with E-state index in [1.165, 1.54) is 12.1 Å². The maximum absolute atomic E-state index is 13.8. The average molecular weight is 293 g/mol.